The van der Waals surface area contributed by atoms with Gasteiger partial charge in [-0.1, -0.05) is 24.3 Å². The van der Waals surface area contributed by atoms with E-state index < -0.39 is 0 Å². The number of aliphatic imine (C=N–C) groups is 1. The molecule has 0 atom stereocenters. The third-order valence-electron chi connectivity index (χ3n) is 4.39. The number of hydrogen-bond donors (Lipinski definition) is 2. The van der Waals surface area contributed by atoms with Gasteiger partial charge in [0.05, 0.1) is 24.8 Å². The molecule has 26 heavy (non-hydrogen) atoms. The van der Waals surface area contributed by atoms with Gasteiger partial charge < -0.3 is 15.4 Å². The molecule has 3 rings (SSSR count). The van der Waals surface area contributed by atoms with Crippen molar-refractivity contribution < 1.29 is 4.74 Å². The number of nitrogens with one attached hydrogen (secondary N) is 2. The maximum Gasteiger partial charge on any atom is 0.191 e. The van der Waals surface area contributed by atoms with Crippen LogP contribution in [0.4, 0.5) is 0 Å². The summed E-state index contributed by atoms with van der Waals surface area (Å²) in [7, 11) is 1.80. The predicted molar refractivity (Wildman–Crippen MR) is 106 cm³/mol. The summed E-state index contributed by atoms with van der Waals surface area (Å²) in [4.78, 5) is 12.3. The number of rotatable bonds is 6. The van der Waals surface area contributed by atoms with Gasteiger partial charge in [-0.2, -0.15) is 0 Å². The second-order valence-electron chi connectivity index (χ2n) is 6.28. The van der Waals surface area contributed by atoms with Crippen LogP contribution in [0.25, 0.3) is 0 Å². The first-order valence-corrected chi connectivity index (χ1v) is 9.79. The quantitative estimate of drug-likeness (QED) is 0.600. The van der Waals surface area contributed by atoms with Crippen molar-refractivity contribution in [1.82, 2.24) is 20.5 Å². The number of hydrogen-bond acceptors (Lipinski definition) is 5. The summed E-state index contributed by atoms with van der Waals surface area (Å²) in [5, 5.41) is 7.86. The van der Waals surface area contributed by atoms with E-state index in [1.807, 2.05) is 13.1 Å². The molecule has 0 amide bonds. The van der Waals surface area contributed by atoms with Crippen LogP contribution in [0.5, 0.6) is 0 Å². The molecule has 0 radical (unpaired) electrons. The van der Waals surface area contributed by atoms with Crippen LogP contribution in [-0.2, 0) is 24.4 Å². The van der Waals surface area contributed by atoms with Gasteiger partial charge in [0.1, 0.15) is 0 Å². The second-order valence-corrected chi connectivity index (χ2v) is 7.60. The van der Waals surface area contributed by atoms with Gasteiger partial charge in [-0.3, -0.25) is 9.89 Å². The van der Waals surface area contributed by atoms with Gasteiger partial charge in [0.15, 0.2) is 5.96 Å². The molecule has 1 aromatic heterocycles. The average Bonchev–Trinajstić information content (AvgIpc) is 3.09. The summed E-state index contributed by atoms with van der Waals surface area (Å²) in [5.74, 6) is 0.803. The van der Waals surface area contributed by atoms with E-state index in [2.05, 4.69) is 49.8 Å². The Labute approximate surface area is 159 Å². The minimum atomic E-state index is 0.737. The van der Waals surface area contributed by atoms with E-state index in [-0.39, 0.29) is 0 Å². The Kier molecular flexibility index (Phi) is 6.99. The zero-order valence-electron chi connectivity index (χ0n) is 15.5. The lowest BCUT2D eigenvalue weighted by Gasteiger charge is -2.27. The molecule has 140 valence electrons. The molecule has 6 nitrogen and oxygen atoms in total. The van der Waals surface area contributed by atoms with Gasteiger partial charge in [0.2, 0.25) is 0 Å². The van der Waals surface area contributed by atoms with E-state index in [0.717, 1.165) is 56.9 Å². The highest BCUT2D eigenvalue weighted by molar-refractivity contribution is 7.11. The Morgan fingerprint density at radius 3 is 2.62 bits per heavy atom. The minimum absolute atomic E-state index is 0.737. The minimum Gasteiger partial charge on any atom is -0.379 e. The van der Waals surface area contributed by atoms with Crippen molar-refractivity contribution in [2.24, 2.45) is 4.99 Å². The Hall–Kier alpha value is -1.96. The SMILES string of the molecule is CN=C(NCc1cnc(C)s1)NCc1ccccc1CN1CCOCC1. The standard InChI is InChI=1S/C19H27N5OS/c1-15-21-12-18(26-15)13-23-19(20-2)22-11-16-5-3-4-6-17(16)14-24-7-9-25-10-8-24/h3-6,12H,7-11,13-14H2,1-2H3,(H2,20,22,23). The first kappa shape index (κ1) is 18.8. The van der Waals surface area contributed by atoms with E-state index in [1.54, 1.807) is 18.4 Å². The topological polar surface area (TPSA) is 61.8 Å². The third kappa shape index (κ3) is 5.52. The smallest absolute Gasteiger partial charge is 0.191 e. The van der Waals surface area contributed by atoms with Gasteiger partial charge in [-0.15, -0.1) is 11.3 Å². The summed E-state index contributed by atoms with van der Waals surface area (Å²) in [6.07, 6.45) is 1.91. The van der Waals surface area contributed by atoms with E-state index in [1.165, 1.54) is 16.0 Å². The highest BCUT2D eigenvalue weighted by atomic mass is 32.1. The number of thiazole rings is 1. The summed E-state index contributed by atoms with van der Waals surface area (Å²) < 4.78 is 5.44. The first-order chi connectivity index (χ1) is 12.7. The van der Waals surface area contributed by atoms with Crippen molar-refractivity contribution in [1.29, 1.82) is 0 Å². The number of aryl methyl sites for hydroxylation is 1. The summed E-state index contributed by atoms with van der Waals surface area (Å²) >= 11 is 1.70. The van der Waals surface area contributed by atoms with Crippen LogP contribution in [-0.4, -0.2) is 49.2 Å². The van der Waals surface area contributed by atoms with Crippen molar-refractivity contribution in [2.75, 3.05) is 33.4 Å². The number of benzene rings is 1. The fourth-order valence-corrected chi connectivity index (χ4v) is 3.68. The van der Waals surface area contributed by atoms with Crippen LogP contribution < -0.4 is 10.6 Å². The lowest BCUT2D eigenvalue weighted by atomic mass is 10.1. The summed E-state index contributed by atoms with van der Waals surface area (Å²) in [6, 6.07) is 8.60. The predicted octanol–water partition coefficient (Wildman–Crippen LogP) is 2.15. The van der Waals surface area contributed by atoms with E-state index >= 15 is 0 Å². The molecule has 1 aliphatic rings. The molecule has 2 N–H and O–H groups in total. The molecular formula is C19H27N5OS. The van der Waals surface area contributed by atoms with Gasteiger partial charge in [0, 0.05) is 44.3 Å². The Balaban J connectivity index is 1.54. The van der Waals surface area contributed by atoms with Crippen molar-refractivity contribution in [2.45, 2.75) is 26.6 Å². The van der Waals surface area contributed by atoms with Crippen LogP contribution in [0.3, 0.4) is 0 Å². The normalized spacial score (nSPS) is 15.8. The molecule has 1 aliphatic heterocycles. The third-order valence-corrected chi connectivity index (χ3v) is 5.30. The number of nitrogens with zero attached hydrogens (tertiary/aromatic N) is 3. The molecule has 7 heteroatoms. The highest BCUT2D eigenvalue weighted by Gasteiger charge is 2.12. The molecule has 0 bridgehead atoms. The monoisotopic (exact) mass is 373 g/mol. The van der Waals surface area contributed by atoms with Crippen LogP contribution in [0.15, 0.2) is 35.5 Å². The lowest BCUT2D eigenvalue weighted by molar-refractivity contribution is 0.0341. The zero-order chi connectivity index (χ0) is 18.2. The molecule has 0 spiro atoms. The second kappa shape index (κ2) is 9.66. The van der Waals surface area contributed by atoms with Crippen molar-refractivity contribution in [3.63, 3.8) is 0 Å². The lowest BCUT2D eigenvalue weighted by Crippen LogP contribution is -2.37. The molecule has 1 aromatic carbocycles. The van der Waals surface area contributed by atoms with E-state index in [9.17, 15) is 0 Å². The summed E-state index contributed by atoms with van der Waals surface area (Å²) in [6.45, 7) is 8.13. The van der Waals surface area contributed by atoms with E-state index in [4.69, 9.17) is 4.74 Å². The molecule has 0 aliphatic carbocycles. The van der Waals surface area contributed by atoms with Gasteiger partial charge in [-0.05, 0) is 18.1 Å². The Bertz CT molecular complexity index is 724. The molecule has 1 saturated heterocycles. The van der Waals surface area contributed by atoms with Crippen molar-refractivity contribution >= 4 is 17.3 Å². The average molecular weight is 374 g/mol. The fraction of sp³-hybridized carbons (Fsp3) is 0.474. The van der Waals surface area contributed by atoms with Crippen LogP contribution >= 0.6 is 11.3 Å². The molecule has 0 saturated carbocycles. The van der Waals surface area contributed by atoms with Crippen LogP contribution in [0.1, 0.15) is 21.0 Å². The Morgan fingerprint density at radius 2 is 1.92 bits per heavy atom. The van der Waals surface area contributed by atoms with Gasteiger partial charge in [0.25, 0.3) is 0 Å². The molecule has 2 heterocycles. The number of ether oxygens (including phenoxy) is 1. The first-order valence-electron chi connectivity index (χ1n) is 8.97. The van der Waals surface area contributed by atoms with E-state index in [0.29, 0.717) is 0 Å². The van der Waals surface area contributed by atoms with Crippen molar-refractivity contribution in [3.05, 3.63) is 51.5 Å². The maximum atomic E-state index is 5.44. The van der Waals surface area contributed by atoms with Crippen LogP contribution in [0, 0.1) is 6.92 Å². The van der Waals surface area contributed by atoms with Gasteiger partial charge in [-0.25, -0.2) is 4.98 Å². The molecule has 0 unspecified atom stereocenters. The molecule has 1 fully saturated rings. The van der Waals surface area contributed by atoms with Crippen LogP contribution in [0.2, 0.25) is 0 Å². The summed E-state index contributed by atoms with van der Waals surface area (Å²) in [5.41, 5.74) is 2.66. The number of guanidine groups is 1. The van der Waals surface area contributed by atoms with Crippen molar-refractivity contribution in [3.8, 4) is 0 Å². The molecule has 2 aromatic rings. The van der Waals surface area contributed by atoms with Gasteiger partial charge >= 0.3 is 0 Å². The largest absolute Gasteiger partial charge is 0.379 e. The zero-order valence-corrected chi connectivity index (χ0v) is 16.3. The number of aromatic nitrogens is 1. The fourth-order valence-electron chi connectivity index (χ4n) is 2.94. The molecular weight excluding hydrogens is 346 g/mol. The maximum absolute atomic E-state index is 5.44. The number of morpholine rings is 1. The Morgan fingerprint density at radius 1 is 1.19 bits per heavy atom. The highest BCUT2D eigenvalue weighted by Crippen LogP contribution is 2.13.